The zero-order chi connectivity index (χ0) is 7.97. The molecule has 0 nitrogen and oxygen atoms in total. The van der Waals surface area contributed by atoms with E-state index in [1.54, 1.807) is 4.26 Å². The Bertz CT molecular complexity index is 532. The summed E-state index contributed by atoms with van der Waals surface area (Å²) < 4.78 is 4.51. The van der Waals surface area contributed by atoms with Crippen molar-refractivity contribution in [3.63, 3.8) is 0 Å². The van der Waals surface area contributed by atoms with Gasteiger partial charge < -0.3 is 0 Å². The van der Waals surface area contributed by atoms with Gasteiger partial charge in [-0.2, -0.15) is 0 Å². The SMILES string of the molecule is c1ccc2c(c1)sc1cc[se]c12. The van der Waals surface area contributed by atoms with Gasteiger partial charge in [0.25, 0.3) is 0 Å². The van der Waals surface area contributed by atoms with Crippen LogP contribution < -0.4 is 0 Å². The molecule has 0 saturated carbocycles. The van der Waals surface area contributed by atoms with Crippen LogP contribution in [0.5, 0.6) is 0 Å². The molecule has 0 aliphatic rings. The van der Waals surface area contributed by atoms with Gasteiger partial charge in [0.05, 0.1) is 0 Å². The summed E-state index contributed by atoms with van der Waals surface area (Å²) in [6.07, 6.45) is 0. The van der Waals surface area contributed by atoms with Crippen molar-refractivity contribution in [2.75, 3.05) is 0 Å². The summed E-state index contributed by atoms with van der Waals surface area (Å²) in [6.45, 7) is 0. The van der Waals surface area contributed by atoms with E-state index in [-0.39, 0.29) is 0 Å². The Kier molecular flexibility index (Phi) is 1.42. The fraction of sp³-hybridized carbons (Fsp3) is 0. The van der Waals surface area contributed by atoms with E-state index in [1.165, 1.54) is 14.8 Å². The number of rotatable bonds is 0. The predicted molar refractivity (Wildman–Crippen MR) is 56.3 cm³/mol. The molecule has 2 heteroatoms. The van der Waals surface area contributed by atoms with E-state index in [4.69, 9.17) is 0 Å². The third kappa shape index (κ3) is 0.831. The van der Waals surface area contributed by atoms with Crippen molar-refractivity contribution < 1.29 is 0 Å². The van der Waals surface area contributed by atoms with Crippen LogP contribution in [0.15, 0.2) is 35.3 Å². The molecule has 2 aromatic heterocycles. The second kappa shape index (κ2) is 2.46. The topological polar surface area (TPSA) is 0 Å². The van der Waals surface area contributed by atoms with Crippen LogP contribution in [0.4, 0.5) is 0 Å². The average Bonchev–Trinajstić information content (AvgIpc) is 2.62. The van der Waals surface area contributed by atoms with Crippen molar-refractivity contribution in [3.8, 4) is 0 Å². The van der Waals surface area contributed by atoms with Crippen LogP contribution in [0.25, 0.3) is 19.0 Å². The number of benzene rings is 1. The third-order valence-electron chi connectivity index (χ3n) is 1.98. The first-order valence-corrected chi connectivity index (χ1v) is 6.46. The van der Waals surface area contributed by atoms with Gasteiger partial charge in [-0.25, -0.2) is 0 Å². The molecule has 3 aromatic rings. The molecule has 0 unspecified atom stereocenters. The van der Waals surface area contributed by atoms with Crippen LogP contribution in [0, 0.1) is 0 Å². The van der Waals surface area contributed by atoms with Crippen molar-refractivity contribution >= 4 is 44.9 Å². The molecular weight excluding hydrogens is 231 g/mol. The second-order valence-electron chi connectivity index (χ2n) is 2.71. The van der Waals surface area contributed by atoms with Crippen LogP contribution in [0.1, 0.15) is 0 Å². The molecule has 3 rings (SSSR count). The first-order chi connectivity index (χ1) is 5.95. The van der Waals surface area contributed by atoms with Gasteiger partial charge >= 0.3 is 80.2 Å². The van der Waals surface area contributed by atoms with E-state index in [0.717, 1.165) is 0 Å². The molecule has 0 amide bonds. The van der Waals surface area contributed by atoms with Gasteiger partial charge in [-0.1, -0.05) is 0 Å². The Morgan fingerprint density at radius 1 is 1.00 bits per heavy atom. The van der Waals surface area contributed by atoms with Crippen molar-refractivity contribution in [2.45, 2.75) is 0 Å². The minimum atomic E-state index is 0.592. The molecule has 2 heterocycles. The molecule has 0 radical (unpaired) electrons. The Hall–Kier alpha value is -0.561. The Balaban J connectivity index is 2.68. The Labute approximate surface area is 80.2 Å². The fourth-order valence-corrected chi connectivity index (χ4v) is 5.03. The van der Waals surface area contributed by atoms with E-state index in [0.29, 0.717) is 14.5 Å². The quantitative estimate of drug-likeness (QED) is 0.527. The normalized spacial score (nSPS) is 11.3. The number of hydrogen-bond donors (Lipinski definition) is 0. The molecule has 0 aliphatic carbocycles. The van der Waals surface area contributed by atoms with E-state index in [1.807, 2.05) is 11.3 Å². The van der Waals surface area contributed by atoms with Crippen LogP contribution in [0.2, 0.25) is 0 Å². The van der Waals surface area contributed by atoms with Crippen molar-refractivity contribution in [2.24, 2.45) is 0 Å². The minimum absolute atomic E-state index is 0.592. The summed E-state index contributed by atoms with van der Waals surface area (Å²) in [7, 11) is 0. The summed E-state index contributed by atoms with van der Waals surface area (Å²) in [5.74, 6) is 0. The Morgan fingerprint density at radius 2 is 1.92 bits per heavy atom. The van der Waals surface area contributed by atoms with Gasteiger partial charge in [0, 0.05) is 0 Å². The molecule has 0 N–H and O–H groups in total. The van der Waals surface area contributed by atoms with Crippen molar-refractivity contribution in [1.29, 1.82) is 0 Å². The molecule has 12 heavy (non-hydrogen) atoms. The molecule has 58 valence electrons. The van der Waals surface area contributed by atoms with Crippen LogP contribution >= 0.6 is 11.3 Å². The van der Waals surface area contributed by atoms with Gasteiger partial charge in [-0.05, 0) is 0 Å². The first-order valence-electron chi connectivity index (χ1n) is 3.80. The standard InChI is InChI=1S/C10H6SSe/c1-2-4-8-7(3-1)10-9(11-8)5-6-12-10/h1-6H. The van der Waals surface area contributed by atoms with E-state index >= 15 is 0 Å². The first kappa shape index (κ1) is 6.90. The number of fused-ring (bicyclic) bond motifs is 3. The van der Waals surface area contributed by atoms with Gasteiger partial charge in [0.2, 0.25) is 0 Å². The van der Waals surface area contributed by atoms with E-state index < -0.39 is 0 Å². The van der Waals surface area contributed by atoms with Gasteiger partial charge in [-0.15, -0.1) is 0 Å². The van der Waals surface area contributed by atoms with E-state index in [9.17, 15) is 0 Å². The summed E-state index contributed by atoms with van der Waals surface area (Å²) in [4.78, 5) is 2.31. The molecule has 0 bridgehead atoms. The van der Waals surface area contributed by atoms with Crippen LogP contribution in [0.3, 0.4) is 0 Å². The summed E-state index contributed by atoms with van der Waals surface area (Å²) in [6, 6.07) is 11.0. The van der Waals surface area contributed by atoms with Crippen molar-refractivity contribution in [1.82, 2.24) is 0 Å². The van der Waals surface area contributed by atoms with Crippen LogP contribution in [-0.4, -0.2) is 14.5 Å². The molecule has 1 aromatic carbocycles. The predicted octanol–water partition coefficient (Wildman–Crippen LogP) is 3.11. The van der Waals surface area contributed by atoms with Gasteiger partial charge in [0.15, 0.2) is 0 Å². The van der Waals surface area contributed by atoms with Gasteiger partial charge in [0.1, 0.15) is 0 Å². The van der Waals surface area contributed by atoms with Crippen LogP contribution in [-0.2, 0) is 0 Å². The molecule has 0 aliphatic heterocycles. The fourth-order valence-electron chi connectivity index (χ4n) is 1.44. The summed E-state index contributed by atoms with van der Waals surface area (Å²) in [5.41, 5.74) is 0. The Morgan fingerprint density at radius 3 is 2.92 bits per heavy atom. The maximum absolute atomic E-state index is 2.31. The van der Waals surface area contributed by atoms with E-state index in [2.05, 4.69) is 35.3 Å². The van der Waals surface area contributed by atoms with Crippen molar-refractivity contribution in [3.05, 3.63) is 35.3 Å². The second-order valence-corrected chi connectivity index (χ2v) is 5.72. The molecule has 0 spiro atoms. The zero-order valence-electron chi connectivity index (χ0n) is 6.28. The molecule has 0 saturated heterocycles. The number of hydrogen-bond acceptors (Lipinski definition) is 1. The zero-order valence-corrected chi connectivity index (χ0v) is 8.81. The third-order valence-corrected chi connectivity index (χ3v) is 5.40. The molecular formula is C10H6SSe. The monoisotopic (exact) mass is 238 g/mol. The number of thiophene rings is 1. The molecule has 0 atom stereocenters. The van der Waals surface area contributed by atoms with Gasteiger partial charge in [-0.3, -0.25) is 0 Å². The average molecular weight is 237 g/mol. The summed E-state index contributed by atoms with van der Waals surface area (Å²) >= 11 is 2.51. The maximum atomic E-state index is 2.31. The molecule has 0 fully saturated rings. The summed E-state index contributed by atoms with van der Waals surface area (Å²) in [5, 5.41) is 1.47.